The molecule has 1 rings (SSSR count). The zero-order valence-electron chi connectivity index (χ0n) is 9.01. The van der Waals surface area contributed by atoms with Crippen LogP contribution in [-0.4, -0.2) is 19.5 Å². The number of nitrogen functional groups attached to an aromatic ring is 1. The third kappa shape index (κ3) is 3.27. The average Bonchev–Trinajstić information content (AvgIpc) is 2.25. The van der Waals surface area contributed by atoms with Crippen LogP contribution in [-0.2, 0) is 0 Å². The van der Waals surface area contributed by atoms with E-state index < -0.39 is 0 Å². The van der Waals surface area contributed by atoms with Gasteiger partial charge in [-0.3, -0.25) is 4.79 Å². The topological polar surface area (TPSA) is 67.1 Å². The molecule has 0 bridgehead atoms. The molecule has 0 saturated carbocycles. The van der Waals surface area contributed by atoms with Gasteiger partial charge < -0.3 is 16.4 Å². The van der Waals surface area contributed by atoms with Crippen molar-refractivity contribution in [3.05, 3.63) is 34.8 Å². The van der Waals surface area contributed by atoms with Crippen molar-refractivity contribution < 1.29 is 4.79 Å². The standard InChI is InChI=1S/C11H14BrN3O/c1-7(12)6-15-10-5-8(13)3-4-9(10)11(16)14-2/h3-5,15H,1,6,13H2,2H3,(H,14,16). The third-order valence-corrected chi connectivity index (χ3v) is 2.27. The van der Waals surface area contributed by atoms with Gasteiger partial charge in [0.05, 0.1) is 5.56 Å². The van der Waals surface area contributed by atoms with Gasteiger partial charge in [0.1, 0.15) is 0 Å². The van der Waals surface area contributed by atoms with Gasteiger partial charge in [0.25, 0.3) is 5.91 Å². The van der Waals surface area contributed by atoms with Crippen LogP contribution in [0.4, 0.5) is 11.4 Å². The van der Waals surface area contributed by atoms with Crippen LogP contribution in [0.15, 0.2) is 29.3 Å². The van der Waals surface area contributed by atoms with E-state index in [1.54, 1.807) is 25.2 Å². The molecule has 0 fully saturated rings. The van der Waals surface area contributed by atoms with Gasteiger partial charge in [-0.05, 0) is 18.2 Å². The molecular formula is C11H14BrN3O. The number of carbonyl (C=O) groups is 1. The molecule has 0 saturated heterocycles. The average molecular weight is 284 g/mol. The lowest BCUT2D eigenvalue weighted by atomic mass is 10.1. The van der Waals surface area contributed by atoms with Crippen molar-refractivity contribution in [2.45, 2.75) is 0 Å². The molecular weight excluding hydrogens is 270 g/mol. The van der Waals surface area contributed by atoms with E-state index in [0.717, 1.165) is 4.48 Å². The Morgan fingerprint density at radius 3 is 2.81 bits per heavy atom. The SMILES string of the molecule is C=C(Br)CNc1cc(N)ccc1C(=O)NC. The smallest absolute Gasteiger partial charge is 0.253 e. The van der Waals surface area contributed by atoms with Crippen molar-refractivity contribution >= 4 is 33.2 Å². The molecule has 5 heteroatoms. The first kappa shape index (κ1) is 12.6. The maximum Gasteiger partial charge on any atom is 0.253 e. The Morgan fingerprint density at radius 2 is 2.25 bits per heavy atom. The van der Waals surface area contributed by atoms with Gasteiger partial charge in [0.15, 0.2) is 0 Å². The molecule has 4 nitrogen and oxygen atoms in total. The lowest BCUT2D eigenvalue weighted by Crippen LogP contribution is -2.20. The molecule has 16 heavy (non-hydrogen) atoms. The molecule has 1 aromatic rings. The fourth-order valence-corrected chi connectivity index (χ4v) is 1.37. The van der Waals surface area contributed by atoms with Crippen molar-refractivity contribution in [1.29, 1.82) is 0 Å². The third-order valence-electron chi connectivity index (χ3n) is 1.99. The number of carbonyl (C=O) groups excluding carboxylic acids is 1. The van der Waals surface area contributed by atoms with Gasteiger partial charge in [0.2, 0.25) is 0 Å². The van der Waals surface area contributed by atoms with E-state index in [-0.39, 0.29) is 5.91 Å². The maximum absolute atomic E-state index is 11.6. The highest BCUT2D eigenvalue weighted by molar-refractivity contribution is 9.11. The maximum atomic E-state index is 11.6. The second-order valence-electron chi connectivity index (χ2n) is 3.25. The minimum atomic E-state index is -0.150. The van der Waals surface area contributed by atoms with Gasteiger partial charge in [-0.15, -0.1) is 0 Å². The highest BCUT2D eigenvalue weighted by atomic mass is 79.9. The Morgan fingerprint density at radius 1 is 1.56 bits per heavy atom. The van der Waals surface area contributed by atoms with Crippen LogP contribution >= 0.6 is 15.9 Å². The number of nitrogens with one attached hydrogen (secondary N) is 2. The Kier molecular flexibility index (Phi) is 4.37. The van der Waals surface area contributed by atoms with E-state index >= 15 is 0 Å². The molecule has 0 radical (unpaired) electrons. The summed E-state index contributed by atoms with van der Waals surface area (Å²) in [7, 11) is 1.59. The fourth-order valence-electron chi connectivity index (χ4n) is 1.23. The van der Waals surface area contributed by atoms with Crippen LogP contribution in [0.1, 0.15) is 10.4 Å². The number of benzene rings is 1. The molecule has 0 aromatic heterocycles. The Bertz CT molecular complexity index is 418. The number of nitrogens with two attached hydrogens (primary N) is 1. The predicted molar refractivity (Wildman–Crippen MR) is 70.8 cm³/mol. The highest BCUT2D eigenvalue weighted by Gasteiger charge is 2.09. The molecule has 0 atom stereocenters. The van der Waals surface area contributed by atoms with Crippen LogP contribution in [0.2, 0.25) is 0 Å². The number of halogens is 1. The van der Waals surface area contributed by atoms with Gasteiger partial charge in [-0.25, -0.2) is 0 Å². The Hall–Kier alpha value is -1.49. The Labute approximate surface area is 103 Å². The summed E-state index contributed by atoms with van der Waals surface area (Å²) in [5, 5.41) is 5.66. The van der Waals surface area contributed by atoms with Crippen molar-refractivity contribution in [1.82, 2.24) is 5.32 Å². The van der Waals surface area contributed by atoms with Crippen LogP contribution in [0.5, 0.6) is 0 Å². The summed E-state index contributed by atoms with van der Waals surface area (Å²) < 4.78 is 0.804. The number of anilines is 2. The lowest BCUT2D eigenvalue weighted by molar-refractivity contribution is 0.0964. The first-order valence-electron chi connectivity index (χ1n) is 4.73. The minimum Gasteiger partial charge on any atom is -0.399 e. The fraction of sp³-hybridized carbons (Fsp3) is 0.182. The summed E-state index contributed by atoms with van der Waals surface area (Å²) >= 11 is 3.24. The lowest BCUT2D eigenvalue weighted by Gasteiger charge is -2.11. The zero-order valence-corrected chi connectivity index (χ0v) is 10.6. The van der Waals surface area contributed by atoms with E-state index in [0.29, 0.717) is 23.5 Å². The summed E-state index contributed by atoms with van der Waals surface area (Å²) in [6, 6.07) is 5.10. The second-order valence-corrected chi connectivity index (χ2v) is 4.38. The Balaban J connectivity index is 2.98. The summed E-state index contributed by atoms with van der Waals surface area (Å²) in [4.78, 5) is 11.6. The molecule has 86 valence electrons. The normalized spacial score (nSPS) is 9.62. The quantitative estimate of drug-likeness (QED) is 0.740. The monoisotopic (exact) mass is 283 g/mol. The first-order valence-corrected chi connectivity index (χ1v) is 5.52. The predicted octanol–water partition coefficient (Wildman–Crippen LogP) is 1.95. The van der Waals surface area contributed by atoms with Gasteiger partial charge in [-0.2, -0.15) is 0 Å². The van der Waals surface area contributed by atoms with Crippen LogP contribution in [0, 0.1) is 0 Å². The van der Waals surface area contributed by atoms with Crippen molar-refractivity contribution in [2.24, 2.45) is 0 Å². The summed E-state index contributed by atoms with van der Waals surface area (Å²) in [6.07, 6.45) is 0. The largest absolute Gasteiger partial charge is 0.399 e. The van der Waals surface area contributed by atoms with Crippen LogP contribution in [0.25, 0.3) is 0 Å². The first-order chi connectivity index (χ1) is 7.54. The molecule has 0 aliphatic rings. The highest BCUT2D eigenvalue weighted by Crippen LogP contribution is 2.19. The molecule has 1 amide bonds. The molecule has 4 N–H and O–H groups in total. The summed E-state index contributed by atoms with van der Waals surface area (Å²) in [5.74, 6) is -0.150. The second kappa shape index (κ2) is 5.55. The van der Waals surface area contributed by atoms with Crippen molar-refractivity contribution in [2.75, 3.05) is 24.6 Å². The zero-order chi connectivity index (χ0) is 12.1. The molecule has 0 heterocycles. The van der Waals surface area contributed by atoms with Crippen molar-refractivity contribution in [3.63, 3.8) is 0 Å². The molecule has 1 aromatic carbocycles. The van der Waals surface area contributed by atoms with E-state index in [2.05, 4.69) is 33.1 Å². The van der Waals surface area contributed by atoms with Gasteiger partial charge in [0, 0.05) is 29.4 Å². The van der Waals surface area contributed by atoms with Crippen LogP contribution < -0.4 is 16.4 Å². The summed E-state index contributed by atoms with van der Waals surface area (Å²) in [6.45, 7) is 4.24. The van der Waals surface area contributed by atoms with Gasteiger partial charge >= 0.3 is 0 Å². The number of hydrogen-bond acceptors (Lipinski definition) is 3. The van der Waals surface area contributed by atoms with E-state index in [1.165, 1.54) is 0 Å². The molecule has 0 spiro atoms. The minimum absolute atomic E-state index is 0.150. The number of amides is 1. The van der Waals surface area contributed by atoms with E-state index in [1.807, 2.05) is 0 Å². The van der Waals surface area contributed by atoms with Gasteiger partial charge in [-0.1, -0.05) is 22.5 Å². The van der Waals surface area contributed by atoms with E-state index in [4.69, 9.17) is 5.73 Å². The summed E-state index contributed by atoms with van der Waals surface area (Å²) in [5.41, 5.74) is 7.53. The van der Waals surface area contributed by atoms with E-state index in [9.17, 15) is 4.79 Å². The van der Waals surface area contributed by atoms with Crippen molar-refractivity contribution in [3.8, 4) is 0 Å². The molecule has 0 unspecified atom stereocenters. The number of hydrogen-bond donors (Lipinski definition) is 3. The number of rotatable bonds is 4. The molecule has 0 aliphatic heterocycles. The van der Waals surface area contributed by atoms with Crippen LogP contribution in [0.3, 0.4) is 0 Å². The molecule has 0 aliphatic carbocycles.